The van der Waals surface area contributed by atoms with Crippen LogP contribution in [0.15, 0.2) is 22.7 Å². The van der Waals surface area contributed by atoms with E-state index < -0.39 is 21.8 Å². The zero-order valence-electron chi connectivity index (χ0n) is 10.9. The lowest BCUT2D eigenvalue weighted by Crippen LogP contribution is -2.27. The minimum Gasteiger partial charge on any atom is -0.466 e. The summed E-state index contributed by atoms with van der Waals surface area (Å²) in [6, 6.07) is 4.25. The Morgan fingerprint density at radius 1 is 1.45 bits per heavy atom. The van der Waals surface area contributed by atoms with Gasteiger partial charge in [-0.05, 0) is 25.1 Å². The van der Waals surface area contributed by atoms with Crippen LogP contribution < -0.4 is 4.72 Å². The molecular weight excluding hydrogens is 353 g/mol. The number of sulfonamides is 1. The highest BCUT2D eigenvalue weighted by atomic mass is 79.9. The molecule has 0 radical (unpaired) electrons. The van der Waals surface area contributed by atoms with Crippen LogP contribution in [-0.2, 0) is 26.1 Å². The average molecular weight is 368 g/mol. The zero-order chi connectivity index (χ0) is 15.2. The molecule has 1 aromatic rings. The van der Waals surface area contributed by atoms with E-state index in [-0.39, 0.29) is 30.9 Å². The van der Waals surface area contributed by atoms with Gasteiger partial charge in [-0.2, -0.15) is 0 Å². The number of nitrogens with one attached hydrogen (secondary N) is 1. The van der Waals surface area contributed by atoms with Gasteiger partial charge in [-0.15, -0.1) is 0 Å². The third-order valence-corrected chi connectivity index (χ3v) is 4.19. The van der Waals surface area contributed by atoms with Crippen molar-refractivity contribution < 1.29 is 22.3 Å². The highest BCUT2D eigenvalue weighted by Crippen LogP contribution is 2.15. The van der Waals surface area contributed by atoms with E-state index in [2.05, 4.69) is 25.4 Å². The topological polar surface area (TPSA) is 72.5 Å². The van der Waals surface area contributed by atoms with Gasteiger partial charge in [0.15, 0.2) is 0 Å². The SMILES string of the molecule is CCOC(=O)CCS(=O)(=O)NCc1cc(Br)ccc1F. The van der Waals surface area contributed by atoms with E-state index in [4.69, 9.17) is 0 Å². The molecule has 112 valence electrons. The van der Waals surface area contributed by atoms with Gasteiger partial charge in [0, 0.05) is 16.6 Å². The first kappa shape index (κ1) is 17.1. The highest BCUT2D eigenvalue weighted by molar-refractivity contribution is 9.10. The zero-order valence-corrected chi connectivity index (χ0v) is 13.3. The van der Waals surface area contributed by atoms with Crippen LogP contribution in [0.2, 0.25) is 0 Å². The molecule has 0 saturated carbocycles. The molecule has 0 amide bonds. The molecule has 0 aliphatic carbocycles. The second kappa shape index (κ2) is 7.70. The minimum atomic E-state index is -3.66. The quantitative estimate of drug-likeness (QED) is 0.747. The van der Waals surface area contributed by atoms with Crippen molar-refractivity contribution in [1.82, 2.24) is 4.72 Å². The van der Waals surface area contributed by atoms with Crippen molar-refractivity contribution in [3.8, 4) is 0 Å². The molecule has 0 heterocycles. The molecule has 0 saturated heterocycles. The lowest BCUT2D eigenvalue weighted by atomic mass is 10.2. The Bertz CT molecular complexity index is 577. The van der Waals surface area contributed by atoms with E-state index in [1.165, 1.54) is 18.2 Å². The molecule has 0 bridgehead atoms. The predicted molar refractivity (Wildman–Crippen MR) is 76.0 cm³/mol. The van der Waals surface area contributed by atoms with Crippen molar-refractivity contribution in [2.24, 2.45) is 0 Å². The first-order valence-electron chi connectivity index (χ1n) is 5.91. The van der Waals surface area contributed by atoms with E-state index in [1.54, 1.807) is 6.92 Å². The maximum absolute atomic E-state index is 13.4. The minimum absolute atomic E-state index is 0.170. The molecule has 0 fully saturated rings. The number of halogens is 2. The van der Waals surface area contributed by atoms with E-state index in [9.17, 15) is 17.6 Å². The Morgan fingerprint density at radius 3 is 2.80 bits per heavy atom. The van der Waals surface area contributed by atoms with Gasteiger partial charge in [0.2, 0.25) is 10.0 Å². The molecule has 0 aromatic heterocycles. The maximum Gasteiger partial charge on any atom is 0.306 e. The summed E-state index contributed by atoms with van der Waals surface area (Å²) in [5.74, 6) is -1.46. The fourth-order valence-electron chi connectivity index (χ4n) is 1.39. The number of carbonyl (C=O) groups excluding carboxylic acids is 1. The summed E-state index contributed by atoms with van der Waals surface area (Å²) in [5, 5.41) is 0. The molecule has 8 heteroatoms. The van der Waals surface area contributed by atoms with Crippen LogP contribution in [0, 0.1) is 5.82 Å². The average Bonchev–Trinajstić information content (AvgIpc) is 2.38. The molecule has 20 heavy (non-hydrogen) atoms. The van der Waals surface area contributed by atoms with Crippen molar-refractivity contribution in [2.45, 2.75) is 19.9 Å². The van der Waals surface area contributed by atoms with Gasteiger partial charge in [0.05, 0.1) is 18.8 Å². The van der Waals surface area contributed by atoms with Crippen molar-refractivity contribution in [2.75, 3.05) is 12.4 Å². The summed E-state index contributed by atoms with van der Waals surface area (Å²) in [6.07, 6.45) is -0.232. The molecule has 5 nitrogen and oxygen atoms in total. The molecule has 0 unspecified atom stereocenters. The molecule has 1 N–H and O–H groups in total. The van der Waals surface area contributed by atoms with Gasteiger partial charge >= 0.3 is 5.97 Å². The summed E-state index contributed by atoms with van der Waals surface area (Å²) in [7, 11) is -3.66. The van der Waals surface area contributed by atoms with Gasteiger partial charge in [-0.25, -0.2) is 17.5 Å². The number of rotatable bonds is 7. The largest absolute Gasteiger partial charge is 0.466 e. The first-order valence-corrected chi connectivity index (χ1v) is 8.35. The van der Waals surface area contributed by atoms with E-state index in [0.717, 1.165) is 0 Å². The van der Waals surface area contributed by atoms with Gasteiger partial charge in [-0.3, -0.25) is 4.79 Å². The summed E-state index contributed by atoms with van der Waals surface area (Å²) >= 11 is 3.18. The van der Waals surface area contributed by atoms with Gasteiger partial charge in [0.25, 0.3) is 0 Å². The normalized spacial score (nSPS) is 11.3. The van der Waals surface area contributed by atoms with Crippen LogP contribution in [0.3, 0.4) is 0 Å². The first-order chi connectivity index (χ1) is 9.34. The Kier molecular flexibility index (Phi) is 6.57. The summed E-state index contributed by atoms with van der Waals surface area (Å²) in [6.45, 7) is 1.67. The number of hydrogen-bond acceptors (Lipinski definition) is 4. The number of ether oxygens (including phenoxy) is 1. The Balaban J connectivity index is 2.55. The molecule has 1 aromatic carbocycles. The third-order valence-electron chi connectivity index (χ3n) is 2.37. The third kappa shape index (κ3) is 5.98. The molecule has 0 spiro atoms. The van der Waals surface area contributed by atoms with Crippen LogP contribution in [0.5, 0.6) is 0 Å². The molecule has 1 rings (SSSR count). The molecule has 0 aliphatic heterocycles. The van der Waals surface area contributed by atoms with Crippen LogP contribution in [0.1, 0.15) is 18.9 Å². The molecule has 0 aliphatic rings. The fraction of sp³-hybridized carbons (Fsp3) is 0.417. The maximum atomic E-state index is 13.4. The van der Waals surface area contributed by atoms with Crippen LogP contribution in [-0.4, -0.2) is 26.7 Å². The van der Waals surface area contributed by atoms with E-state index in [1.807, 2.05) is 0 Å². The predicted octanol–water partition coefficient (Wildman–Crippen LogP) is 1.96. The Morgan fingerprint density at radius 2 is 2.15 bits per heavy atom. The monoisotopic (exact) mass is 367 g/mol. The van der Waals surface area contributed by atoms with Crippen molar-refractivity contribution in [3.63, 3.8) is 0 Å². The Labute approximate surface area is 125 Å². The number of benzene rings is 1. The van der Waals surface area contributed by atoms with E-state index in [0.29, 0.717) is 4.47 Å². The van der Waals surface area contributed by atoms with Gasteiger partial charge in [0.1, 0.15) is 5.82 Å². The smallest absolute Gasteiger partial charge is 0.306 e. The number of carbonyl (C=O) groups is 1. The summed E-state index contributed by atoms with van der Waals surface area (Å²) in [5.41, 5.74) is 0.221. The highest BCUT2D eigenvalue weighted by Gasteiger charge is 2.14. The van der Waals surface area contributed by atoms with E-state index >= 15 is 0 Å². The van der Waals surface area contributed by atoms with Crippen molar-refractivity contribution in [3.05, 3.63) is 34.1 Å². The standard InChI is InChI=1S/C12H15BrFNO4S/c1-2-19-12(16)5-6-20(17,18)15-8-9-7-10(13)3-4-11(9)14/h3-4,7,15H,2,5-6,8H2,1H3. The van der Waals surface area contributed by atoms with Crippen LogP contribution in [0.4, 0.5) is 4.39 Å². The second-order valence-corrected chi connectivity index (χ2v) is 6.77. The summed E-state index contributed by atoms with van der Waals surface area (Å²) in [4.78, 5) is 11.1. The van der Waals surface area contributed by atoms with Crippen LogP contribution in [0.25, 0.3) is 0 Å². The van der Waals surface area contributed by atoms with Crippen molar-refractivity contribution in [1.29, 1.82) is 0 Å². The van der Waals surface area contributed by atoms with Gasteiger partial charge < -0.3 is 4.74 Å². The molecular formula is C12H15BrFNO4S. The Hall–Kier alpha value is -0.990. The summed E-state index contributed by atoms with van der Waals surface area (Å²) < 4.78 is 44.3. The van der Waals surface area contributed by atoms with Gasteiger partial charge in [-0.1, -0.05) is 15.9 Å². The lowest BCUT2D eigenvalue weighted by molar-refractivity contribution is -0.142. The molecule has 0 atom stereocenters. The number of hydrogen-bond donors (Lipinski definition) is 1. The fourth-order valence-corrected chi connectivity index (χ4v) is 2.75. The second-order valence-electron chi connectivity index (χ2n) is 3.93. The lowest BCUT2D eigenvalue weighted by Gasteiger charge is -2.08. The number of esters is 1. The van der Waals surface area contributed by atoms with Crippen LogP contribution >= 0.6 is 15.9 Å². The van der Waals surface area contributed by atoms with Crippen molar-refractivity contribution >= 4 is 31.9 Å².